The molecule has 16 heavy (non-hydrogen) atoms. The topological polar surface area (TPSA) is 73.1 Å². The third kappa shape index (κ3) is 2.24. The highest BCUT2D eigenvalue weighted by Gasteiger charge is 2.24. The number of nitrogens with one attached hydrogen (secondary N) is 1. The van der Waals surface area contributed by atoms with Crippen LogP contribution in [0.4, 0.5) is 11.6 Å². The lowest BCUT2D eigenvalue weighted by Gasteiger charge is -2.15. The van der Waals surface area contributed by atoms with Crippen LogP contribution in [0, 0.1) is 6.92 Å². The average Bonchev–Trinajstić information content (AvgIpc) is 2.73. The summed E-state index contributed by atoms with van der Waals surface area (Å²) in [7, 11) is 1.76. The maximum absolute atomic E-state index is 5.73. The highest BCUT2D eigenvalue weighted by atomic mass is 16.5. The van der Waals surface area contributed by atoms with Gasteiger partial charge >= 0.3 is 0 Å². The number of nitrogens with two attached hydrogens (primary N) is 1. The van der Waals surface area contributed by atoms with Gasteiger partial charge in [-0.25, -0.2) is 9.97 Å². The standard InChI is InChI=1S/C11H18N4O/c1-7-10(12)13-6-14-11(7)15-8-3-4-9(5-8)16-2/h6,8-9H,3-5H2,1-2H3,(H3,12,13,14,15). The number of rotatable bonds is 3. The molecule has 0 bridgehead atoms. The summed E-state index contributed by atoms with van der Waals surface area (Å²) in [6, 6.07) is 0.429. The molecule has 1 aliphatic rings. The summed E-state index contributed by atoms with van der Waals surface area (Å²) in [5, 5.41) is 3.40. The van der Waals surface area contributed by atoms with Crippen molar-refractivity contribution < 1.29 is 4.74 Å². The van der Waals surface area contributed by atoms with Crippen LogP contribution in [0.25, 0.3) is 0 Å². The Kier molecular flexibility index (Phi) is 3.24. The minimum Gasteiger partial charge on any atom is -0.383 e. The van der Waals surface area contributed by atoms with Crippen molar-refractivity contribution in [1.82, 2.24) is 9.97 Å². The molecule has 2 atom stereocenters. The van der Waals surface area contributed by atoms with E-state index in [0.29, 0.717) is 18.0 Å². The smallest absolute Gasteiger partial charge is 0.134 e. The van der Waals surface area contributed by atoms with Gasteiger partial charge in [-0.1, -0.05) is 0 Å². The maximum Gasteiger partial charge on any atom is 0.134 e. The van der Waals surface area contributed by atoms with Crippen LogP contribution in [0.3, 0.4) is 0 Å². The average molecular weight is 222 g/mol. The molecular weight excluding hydrogens is 204 g/mol. The quantitative estimate of drug-likeness (QED) is 0.807. The minimum absolute atomic E-state index is 0.372. The van der Waals surface area contributed by atoms with Crippen molar-refractivity contribution in [2.75, 3.05) is 18.2 Å². The van der Waals surface area contributed by atoms with Gasteiger partial charge in [-0.2, -0.15) is 0 Å². The zero-order chi connectivity index (χ0) is 11.5. The molecule has 0 aliphatic heterocycles. The largest absolute Gasteiger partial charge is 0.383 e. The van der Waals surface area contributed by atoms with Gasteiger partial charge in [0, 0.05) is 18.7 Å². The zero-order valence-corrected chi connectivity index (χ0v) is 9.73. The van der Waals surface area contributed by atoms with E-state index in [2.05, 4.69) is 15.3 Å². The van der Waals surface area contributed by atoms with Gasteiger partial charge in [0.2, 0.25) is 0 Å². The van der Waals surface area contributed by atoms with Crippen molar-refractivity contribution in [3.05, 3.63) is 11.9 Å². The molecule has 1 aliphatic carbocycles. The van der Waals surface area contributed by atoms with Gasteiger partial charge in [0.15, 0.2) is 0 Å². The predicted octanol–water partition coefficient (Wildman–Crippen LogP) is 1.35. The Labute approximate surface area is 95.4 Å². The first-order chi connectivity index (χ1) is 7.70. The molecule has 1 fully saturated rings. The molecular formula is C11H18N4O. The molecule has 0 spiro atoms. The number of nitrogens with zero attached hydrogens (tertiary/aromatic N) is 2. The summed E-state index contributed by atoms with van der Waals surface area (Å²) in [5.74, 6) is 1.38. The van der Waals surface area contributed by atoms with Gasteiger partial charge in [0.1, 0.15) is 18.0 Å². The summed E-state index contributed by atoms with van der Waals surface area (Å²) in [5.41, 5.74) is 6.65. The van der Waals surface area contributed by atoms with Crippen LogP contribution in [-0.2, 0) is 4.74 Å². The Morgan fingerprint density at radius 3 is 2.94 bits per heavy atom. The van der Waals surface area contributed by atoms with Gasteiger partial charge in [-0.05, 0) is 26.2 Å². The summed E-state index contributed by atoms with van der Waals surface area (Å²) in [6.45, 7) is 1.93. The van der Waals surface area contributed by atoms with Crippen molar-refractivity contribution >= 4 is 11.6 Å². The third-order valence-corrected chi connectivity index (χ3v) is 3.18. The van der Waals surface area contributed by atoms with Crippen LogP contribution in [-0.4, -0.2) is 29.2 Å². The van der Waals surface area contributed by atoms with Crippen molar-refractivity contribution in [3.8, 4) is 0 Å². The molecule has 1 aromatic heterocycles. The monoisotopic (exact) mass is 222 g/mol. The van der Waals surface area contributed by atoms with Crippen molar-refractivity contribution in [3.63, 3.8) is 0 Å². The fourth-order valence-corrected chi connectivity index (χ4v) is 2.09. The number of hydrogen-bond acceptors (Lipinski definition) is 5. The van der Waals surface area contributed by atoms with E-state index >= 15 is 0 Å². The van der Waals surface area contributed by atoms with Crippen LogP contribution in [0.5, 0.6) is 0 Å². The van der Waals surface area contributed by atoms with Crippen LogP contribution < -0.4 is 11.1 Å². The third-order valence-electron chi connectivity index (χ3n) is 3.18. The van der Waals surface area contributed by atoms with Gasteiger partial charge in [0.05, 0.1) is 6.10 Å². The number of nitrogen functional groups attached to an aromatic ring is 1. The van der Waals surface area contributed by atoms with E-state index in [1.807, 2.05) is 6.92 Å². The van der Waals surface area contributed by atoms with Gasteiger partial charge in [0.25, 0.3) is 0 Å². The highest BCUT2D eigenvalue weighted by Crippen LogP contribution is 2.25. The normalized spacial score (nSPS) is 24.6. The first-order valence-electron chi connectivity index (χ1n) is 5.57. The number of ether oxygens (including phenoxy) is 1. The Morgan fingerprint density at radius 1 is 1.44 bits per heavy atom. The van der Waals surface area contributed by atoms with E-state index in [1.165, 1.54) is 6.33 Å². The first kappa shape index (κ1) is 11.1. The molecule has 3 N–H and O–H groups in total. The van der Waals surface area contributed by atoms with Crippen molar-refractivity contribution in [2.24, 2.45) is 0 Å². The Balaban J connectivity index is 2.02. The Bertz CT molecular complexity index is 369. The van der Waals surface area contributed by atoms with Crippen LogP contribution >= 0.6 is 0 Å². The van der Waals surface area contributed by atoms with E-state index < -0.39 is 0 Å². The van der Waals surface area contributed by atoms with Crippen molar-refractivity contribution in [2.45, 2.75) is 38.3 Å². The van der Waals surface area contributed by atoms with E-state index in [1.54, 1.807) is 7.11 Å². The molecule has 2 unspecified atom stereocenters. The predicted molar refractivity (Wildman–Crippen MR) is 63.2 cm³/mol. The number of hydrogen-bond donors (Lipinski definition) is 2. The minimum atomic E-state index is 0.372. The van der Waals surface area contributed by atoms with Crippen LogP contribution in [0.1, 0.15) is 24.8 Å². The zero-order valence-electron chi connectivity index (χ0n) is 9.73. The maximum atomic E-state index is 5.73. The second-order valence-electron chi connectivity index (χ2n) is 4.24. The molecule has 0 aromatic carbocycles. The van der Waals surface area contributed by atoms with E-state index in [9.17, 15) is 0 Å². The number of anilines is 2. The molecule has 0 saturated heterocycles. The number of aromatic nitrogens is 2. The Morgan fingerprint density at radius 2 is 2.25 bits per heavy atom. The fraction of sp³-hybridized carbons (Fsp3) is 0.636. The molecule has 5 heteroatoms. The lowest BCUT2D eigenvalue weighted by molar-refractivity contribution is 0.108. The summed E-state index contributed by atoms with van der Waals surface area (Å²) >= 11 is 0. The van der Waals surface area contributed by atoms with Crippen LogP contribution in [0.15, 0.2) is 6.33 Å². The van der Waals surface area contributed by atoms with Gasteiger partial charge in [-0.3, -0.25) is 0 Å². The van der Waals surface area contributed by atoms with E-state index in [-0.39, 0.29) is 0 Å². The molecule has 5 nitrogen and oxygen atoms in total. The SMILES string of the molecule is COC1CCC(Nc2ncnc(N)c2C)C1. The van der Waals surface area contributed by atoms with E-state index in [4.69, 9.17) is 10.5 Å². The van der Waals surface area contributed by atoms with E-state index in [0.717, 1.165) is 30.6 Å². The highest BCUT2D eigenvalue weighted by molar-refractivity contribution is 5.54. The summed E-state index contributed by atoms with van der Waals surface area (Å²) in [4.78, 5) is 8.16. The Hall–Kier alpha value is -1.36. The molecule has 1 heterocycles. The van der Waals surface area contributed by atoms with Crippen LogP contribution in [0.2, 0.25) is 0 Å². The summed E-state index contributed by atoms with van der Waals surface area (Å²) in [6.07, 6.45) is 5.11. The lowest BCUT2D eigenvalue weighted by atomic mass is 10.2. The first-order valence-corrected chi connectivity index (χ1v) is 5.57. The fourth-order valence-electron chi connectivity index (χ4n) is 2.09. The molecule has 1 aromatic rings. The molecule has 88 valence electrons. The van der Waals surface area contributed by atoms with Gasteiger partial charge < -0.3 is 15.8 Å². The molecule has 1 saturated carbocycles. The van der Waals surface area contributed by atoms with Crippen molar-refractivity contribution in [1.29, 1.82) is 0 Å². The molecule has 0 radical (unpaired) electrons. The molecule has 2 rings (SSSR count). The second-order valence-corrected chi connectivity index (χ2v) is 4.24. The summed E-state index contributed by atoms with van der Waals surface area (Å²) < 4.78 is 5.34. The lowest BCUT2D eigenvalue weighted by Crippen LogP contribution is -2.19. The number of methoxy groups -OCH3 is 1. The second kappa shape index (κ2) is 4.65. The molecule has 0 amide bonds. The van der Waals surface area contributed by atoms with Gasteiger partial charge in [-0.15, -0.1) is 0 Å².